The summed E-state index contributed by atoms with van der Waals surface area (Å²) in [5.74, 6) is 1.38. The normalized spacial score (nSPS) is 21.5. The first-order valence-corrected chi connectivity index (χ1v) is 7.92. The number of ether oxygens (including phenoxy) is 1. The van der Waals surface area contributed by atoms with Gasteiger partial charge in [-0.15, -0.1) is 0 Å². The molecule has 0 radical (unpaired) electrons. The molecular weight excluding hydrogens is 262 g/mol. The van der Waals surface area contributed by atoms with Gasteiger partial charge in [0.05, 0.1) is 6.61 Å². The molecule has 3 nitrogen and oxygen atoms in total. The van der Waals surface area contributed by atoms with Crippen molar-refractivity contribution in [2.45, 2.75) is 45.1 Å². The summed E-state index contributed by atoms with van der Waals surface area (Å²) in [6.45, 7) is 2.88. The van der Waals surface area contributed by atoms with Gasteiger partial charge in [-0.1, -0.05) is 24.3 Å². The highest BCUT2D eigenvalue weighted by Gasteiger charge is 2.20. The minimum Gasteiger partial charge on any atom is -0.493 e. The Morgan fingerprint density at radius 2 is 2.33 bits per heavy atom. The summed E-state index contributed by atoms with van der Waals surface area (Å²) < 4.78 is 5.53. The van der Waals surface area contributed by atoms with E-state index in [1.54, 1.807) is 0 Å². The zero-order valence-corrected chi connectivity index (χ0v) is 12.6. The van der Waals surface area contributed by atoms with Gasteiger partial charge in [0.25, 0.3) is 0 Å². The van der Waals surface area contributed by atoms with E-state index in [0.717, 1.165) is 44.5 Å². The summed E-state index contributed by atoms with van der Waals surface area (Å²) in [6.07, 6.45) is 9.05. The van der Waals surface area contributed by atoms with E-state index < -0.39 is 0 Å². The lowest BCUT2D eigenvalue weighted by Crippen LogP contribution is -2.38. The number of carbonyl (C=O) groups is 1. The van der Waals surface area contributed by atoms with E-state index in [1.807, 2.05) is 0 Å². The van der Waals surface area contributed by atoms with Crippen molar-refractivity contribution in [3.63, 3.8) is 0 Å². The molecule has 0 unspecified atom stereocenters. The molecule has 1 heterocycles. The minimum absolute atomic E-state index is 0.158. The van der Waals surface area contributed by atoms with E-state index in [4.69, 9.17) is 4.74 Å². The van der Waals surface area contributed by atoms with Crippen molar-refractivity contribution in [3.8, 4) is 5.75 Å². The fourth-order valence-electron chi connectivity index (χ4n) is 3.16. The molecule has 1 aliphatic heterocycles. The highest BCUT2D eigenvalue weighted by molar-refractivity contribution is 5.79. The van der Waals surface area contributed by atoms with Crippen molar-refractivity contribution < 1.29 is 9.53 Å². The van der Waals surface area contributed by atoms with Gasteiger partial charge < -0.3 is 10.1 Å². The lowest BCUT2D eigenvalue weighted by Gasteiger charge is -2.21. The second-order valence-corrected chi connectivity index (χ2v) is 6.14. The van der Waals surface area contributed by atoms with Crippen LogP contribution in [-0.2, 0) is 17.6 Å². The van der Waals surface area contributed by atoms with Crippen molar-refractivity contribution in [1.29, 1.82) is 0 Å². The van der Waals surface area contributed by atoms with Crippen molar-refractivity contribution in [2.24, 2.45) is 5.92 Å². The molecule has 0 saturated heterocycles. The smallest absolute Gasteiger partial charge is 0.223 e. The molecule has 0 saturated carbocycles. The minimum atomic E-state index is 0.158. The molecule has 1 aliphatic carbocycles. The molecule has 1 aromatic rings. The highest BCUT2D eigenvalue weighted by atomic mass is 16.5. The summed E-state index contributed by atoms with van der Waals surface area (Å²) >= 11 is 0. The molecule has 0 aromatic heterocycles. The fraction of sp³-hybridized carbons (Fsp3) is 0.500. The maximum atomic E-state index is 12.2. The predicted molar refractivity (Wildman–Crippen MR) is 83.4 cm³/mol. The molecule has 3 rings (SSSR count). The van der Waals surface area contributed by atoms with Crippen molar-refractivity contribution in [3.05, 3.63) is 41.5 Å². The Labute approximate surface area is 126 Å². The summed E-state index contributed by atoms with van der Waals surface area (Å²) in [4.78, 5) is 12.2. The second kappa shape index (κ2) is 6.33. The molecule has 1 aromatic carbocycles. The highest BCUT2D eigenvalue weighted by Crippen LogP contribution is 2.26. The first-order chi connectivity index (χ1) is 10.2. The molecule has 0 spiro atoms. The number of carbonyl (C=O) groups excluding carboxylic acids is 1. The SMILES string of the molecule is C[C@@H](Cc1ccc2c(c1)CCO2)NC(=O)[C@@H]1CC=CCC1. The Hall–Kier alpha value is -1.77. The molecule has 3 heteroatoms. The number of hydrogen-bond donors (Lipinski definition) is 1. The third-order valence-electron chi connectivity index (χ3n) is 4.32. The van der Waals surface area contributed by atoms with Gasteiger partial charge in [0.1, 0.15) is 5.75 Å². The second-order valence-electron chi connectivity index (χ2n) is 6.14. The average Bonchev–Trinajstić information content (AvgIpc) is 2.95. The Bertz CT molecular complexity index is 550. The molecule has 112 valence electrons. The molecule has 1 N–H and O–H groups in total. The molecule has 0 bridgehead atoms. The van der Waals surface area contributed by atoms with Crippen LogP contribution in [0.1, 0.15) is 37.3 Å². The van der Waals surface area contributed by atoms with Crippen LogP contribution in [0.3, 0.4) is 0 Å². The molecule has 1 amide bonds. The van der Waals surface area contributed by atoms with Crippen molar-refractivity contribution >= 4 is 5.91 Å². The summed E-state index contributed by atoms with van der Waals surface area (Å²) in [5, 5.41) is 3.16. The molecule has 2 aliphatic rings. The van der Waals surface area contributed by atoms with Crippen LogP contribution in [0.5, 0.6) is 5.75 Å². The average molecular weight is 285 g/mol. The number of fused-ring (bicyclic) bond motifs is 1. The zero-order chi connectivity index (χ0) is 14.7. The lowest BCUT2D eigenvalue weighted by molar-refractivity contribution is -0.125. The van der Waals surface area contributed by atoms with Gasteiger partial charge >= 0.3 is 0 Å². The van der Waals surface area contributed by atoms with Crippen LogP contribution in [0.2, 0.25) is 0 Å². The van der Waals surface area contributed by atoms with E-state index in [0.29, 0.717) is 0 Å². The molecular formula is C18H23NO2. The van der Waals surface area contributed by atoms with E-state index >= 15 is 0 Å². The number of amides is 1. The van der Waals surface area contributed by atoms with Crippen LogP contribution in [0, 0.1) is 5.92 Å². The van der Waals surface area contributed by atoms with Gasteiger partial charge in [-0.25, -0.2) is 0 Å². The topological polar surface area (TPSA) is 38.3 Å². The fourth-order valence-corrected chi connectivity index (χ4v) is 3.16. The first-order valence-electron chi connectivity index (χ1n) is 7.92. The predicted octanol–water partition coefficient (Wildman–Crippen LogP) is 3.03. The Kier molecular flexibility index (Phi) is 4.28. The van der Waals surface area contributed by atoms with E-state index in [1.165, 1.54) is 11.1 Å². The molecule has 2 atom stereocenters. The van der Waals surface area contributed by atoms with Crippen molar-refractivity contribution in [2.75, 3.05) is 6.61 Å². The quantitative estimate of drug-likeness (QED) is 0.864. The number of rotatable bonds is 4. The summed E-state index contributed by atoms with van der Waals surface area (Å²) in [5.41, 5.74) is 2.57. The van der Waals surface area contributed by atoms with Gasteiger partial charge in [0.15, 0.2) is 0 Å². The number of allylic oxidation sites excluding steroid dienone is 2. The Balaban J connectivity index is 1.55. The van der Waals surface area contributed by atoms with Crippen LogP contribution in [0.25, 0.3) is 0 Å². The number of nitrogens with one attached hydrogen (secondary N) is 1. The monoisotopic (exact) mass is 285 g/mol. The number of hydrogen-bond acceptors (Lipinski definition) is 2. The third-order valence-corrected chi connectivity index (χ3v) is 4.32. The van der Waals surface area contributed by atoms with Gasteiger partial charge in [0, 0.05) is 18.4 Å². The van der Waals surface area contributed by atoms with Crippen LogP contribution >= 0.6 is 0 Å². The standard InChI is InChI=1S/C18H23NO2/c1-13(19-18(20)15-5-3-2-4-6-15)11-14-7-8-17-16(12-14)9-10-21-17/h2-3,7-8,12-13,15H,4-6,9-11H2,1H3,(H,19,20)/t13-,15+/m0/s1. The van der Waals surface area contributed by atoms with E-state index in [2.05, 4.69) is 42.6 Å². The van der Waals surface area contributed by atoms with Crippen LogP contribution in [-0.4, -0.2) is 18.6 Å². The molecule has 21 heavy (non-hydrogen) atoms. The maximum absolute atomic E-state index is 12.2. The third kappa shape index (κ3) is 3.46. The summed E-state index contributed by atoms with van der Waals surface area (Å²) in [7, 11) is 0. The van der Waals surface area contributed by atoms with Gasteiger partial charge in [0.2, 0.25) is 5.91 Å². The summed E-state index contributed by atoms with van der Waals surface area (Å²) in [6, 6.07) is 6.55. The first kappa shape index (κ1) is 14.2. The van der Waals surface area contributed by atoms with E-state index in [-0.39, 0.29) is 17.9 Å². The van der Waals surface area contributed by atoms with Gasteiger partial charge in [-0.3, -0.25) is 4.79 Å². The zero-order valence-electron chi connectivity index (χ0n) is 12.6. The van der Waals surface area contributed by atoms with Gasteiger partial charge in [-0.2, -0.15) is 0 Å². The largest absolute Gasteiger partial charge is 0.493 e. The van der Waals surface area contributed by atoms with Gasteiger partial charge in [-0.05, 0) is 49.8 Å². The maximum Gasteiger partial charge on any atom is 0.223 e. The van der Waals surface area contributed by atoms with E-state index in [9.17, 15) is 4.79 Å². The van der Waals surface area contributed by atoms with Crippen LogP contribution < -0.4 is 10.1 Å². The van der Waals surface area contributed by atoms with Crippen molar-refractivity contribution in [1.82, 2.24) is 5.32 Å². The van der Waals surface area contributed by atoms with Crippen LogP contribution in [0.15, 0.2) is 30.4 Å². The lowest BCUT2D eigenvalue weighted by atomic mass is 9.93. The number of benzene rings is 1. The Morgan fingerprint density at radius 1 is 1.43 bits per heavy atom. The Morgan fingerprint density at radius 3 is 3.14 bits per heavy atom. The van der Waals surface area contributed by atoms with Crippen LogP contribution in [0.4, 0.5) is 0 Å². The molecule has 0 fully saturated rings.